The average molecular weight is 278 g/mol. The first-order valence-electron chi connectivity index (χ1n) is 6.15. The molecule has 1 aromatic heterocycles. The fraction of sp³-hybridized carbons (Fsp3) is 0.267. The van der Waals surface area contributed by atoms with Crippen molar-refractivity contribution in [1.82, 2.24) is 4.57 Å². The number of nitrogens with zero attached hydrogens (tertiary/aromatic N) is 1. The first kappa shape index (κ1) is 13.8. The summed E-state index contributed by atoms with van der Waals surface area (Å²) in [5.41, 5.74) is 1.89. The Balaban J connectivity index is 1.88. The van der Waals surface area contributed by atoms with E-state index in [-0.39, 0.29) is 5.56 Å². The quantitative estimate of drug-likeness (QED) is 0.787. The van der Waals surface area contributed by atoms with Crippen LogP contribution in [-0.2, 0) is 17.9 Å². The summed E-state index contributed by atoms with van der Waals surface area (Å²) < 4.78 is 7.23. The normalized spacial score (nSPS) is 10.6. The highest BCUT2D eigenvalue weighted by molar-refractivity contribution is 6.30. The molecule has 0 N–H and O–H groups in total. The van der Waals surface area contributed by atoms with E-state index in [0.717, 1.165) is 11.3 Å². The summed E-state index contributed by atoms with van der Waals surface area (Å²) in [6, 6.07) is 13.2. The summed E-state index contributed by atoms with van der Waals surface area (Å²) in [5.74, 6) is 0. The number of aromatic nitrogens is 1. The number of hydrogen-bond donors (Lipinski definition) is 0. The van der Waals surface area contributed by atoms with Crippen LogP contribution < -0.4 is 5.56 Å². The largest absolute Gasteiger partial charge is 0.375 e. The predicted molar refractivity (Wildman–Crippen MR) is 76.5 cm³/mol. The molecule has 2 aromatic rings. The van der Waals surface area contributed by atoms with Crippen LogP contribution in [-0.4, -0.2) is 11.2 Å². The van der Waals surface area contributed by atoms with Crippen LogP contribution in [0.5, 0.6) is 0 Å². The number of pyridine rings is 1. The smallest absolute Gasteiger partial charge is 0.252 e. The molecule has 1 aromatic carbocycles. The number of ether oxygens (including phenoxy) is 1. The molecule has 0 saturated carbocycles. The third-order valence-corrected chi connectivity index (χ3v) is 3.09. The van der Waals surface area contributed by atoms with Crippen LogP contribution in [0.3, 0.4) is 0 Å². The first-order valence-corrected chi connectivity index (χ1v) is 6.53. The molecule has 0 bridgehead atoms. The molecule has 0 aliphatic carbocycles. The third-order valence-electron chi connectivity index (χ3n) is 2.87. The fourth-order valence-corrected chi connectivity index (χ4v) is 2.15. The molecule has 0 saturated heterocycles. The second-order valence-electron chi connectivity index (χ2n) is 4.34. The zero-order chi connectivity index (χ0) is 13.7. The molecule has 0 atom stereocenters. The Morgan fingerprint density at radius 1 is 1.21 bits per heavy atom. The SMILES string of the molecule is Cc1cc(Cl)cc(=O)n1CCOCc1ccccc1. The third kappa shape index (κ3) is 3.94. The summed E-state index contributed by atoms with van der Waals surface area (Å²) in [7, 11) is 0. The van der Waals surface area contributed by atoms with Crippen LogP contribution in [0.15, 0.2) is 47.3 Å². The van der Waals surface area contributed by atoms with E-state index in [1.54, 1.807) is 10.6 Å². The minimum Gasteiger partial charge on any atom is -0.375 e. The van der Waals surface area contributed by atoms with Gasteiger partial charge in [0.1, 0.15) is 0 Å². The molecule has 0 radical (unpaired) electrons. The Morgan fingerprint density at radius 2 is 1.95 bits per heavy atom. The van der Waals surface area contributed by atoms with Crippen molar-refractivity contribution in [3.63, 3.8) is 0 Å². The number of halogens is 1. The van der Waals surface area contributed by atoms with Gasteiger partial charge in [-0.15, -0.1) is 0 Å². The number of aryl methyl sites for hydroxylation is 1. The van der Waals surface area contributed by atoms with Gasteiger partial charge in [-0.25, -0.2) is 0 Å². The molecule has 4 heteroatoms. The average Bonchev–Trinajstić information content (AvgIpc) is 2.38. The van der Waals surface area contributed by atoms with Crippen molar-refractivity contribution in [3.8, 4) is 0 Å². The van der Waals surface area contributed by atoms with E-state index in [1.165, 1.54) is 6.07 Å². The topological polar surface area (TPSA) is 31.2 Å². The number of hydrogen-bond acceptors (Lipinski definition) is 2. The lowest BCUT2D eigenvalue weighted by molar-refractivity contribution is 0.112. The van der Waals surface area contributed by atoms with Gasteiger partial charge in [-0.05, 0) is 18.6 Å². The second kappa shape index (κ2) is 6.55. The maximum Gasteiger partial charge on any atom is 0.252 e. The van der Waals surface area contributed by atoms with Crippen LogP contribution >= 0.6 is 11.6 Å². The van der Waals surface area contributed by atoms with E-state index in [0.29, 0.717) is 24.8 Å². The van der Waals surface area contributed by atoms with Gasteiger partial charge in [0.15, 0.2) is 0 Å². The summed E-state index contributed by atoms with van der Waals surface area (Å²) >= 11 is 5.82. The Morgan fingerprint density at radius 3 is 2.63 bits per heavy atom. The summed E-state index contributed by atoms with van der Waals surface area (Å²) in [4.78, 5) is 11.7. The number of rotatable bonds is 5. The van der Waals surface area contributed by atoms with Crippen molar-refractivity contribution in [1.29, 1.82) is 0 Å². The van der Waals surface area contributed by atoms with E-state index in [1.807, 2.05) is 37.3 Å². The zero-order valence-corrected chi connectivity index (χ0v) is 11.6. The molecule has 19 heavy (non-hydrogen) atoms. The van der Waals surface area contributed by atoms with Gasteiger partial charge in [0.25, 0.3) is 5.56 Å². The molecule has 0 amide bonds. The molecule has 1 heterocycles. The lowest BCUT2D eigenvalue weighted by atomic mass is 10.2. The van der Waals surface area contributed by atoms with Gasteiger partial charge < -0.3 is 9.30 Å². The summed E-state index contributed by atoms with van der Waals surface area (Å²) in [5, 5.41) is 0.476. The predicted octanol–water partition coefficient (Wildman–Crippen LogP) is 3.03. The van der Waals surface area contributed by atoms with Gasteiger partial charge >= 0.3 is 0 Å². The molecule has 0 fully saturated rings. The highest BCUT2D eigenvalue weighted by Crippen LogP contribution is 2.07. The summed E-state index contributed by atoms with van der Waals surface area (Å²) in [6.45, 7) is 3.46. The lowest BCUT2D eigenvalue weighted by Crippen LogP contribution is -2.23. The van der Waals surface area contributed by atoms with Crippen LogP contribution in [0.1, 0.15) is 11.3 Å². The molecule has 3 nitrogen and oxygen atoms in total. The highest BCUT2D eigenvalue weighted by atomic mass is 35.5. The molecule has 0 aliphatic heterocycles. The monoisotopic (exact) mass is 277 g/mol. The Kier molecular flexibility index (Phi) is 4.77. The van der Waals surface area contributed by atoms with Crippen LogP contribution in [0.25, 0.3) is 0 Å². The van der Waals surface area contributed by atoms with E-state index >= 15 is 0 Å². The Hall–Kier alpha value is -1.58. The van der Waals surface area contributed by atoms with Gasteiger partial charge in [-0.3, -0.25) is 4.79 Å². The maximum atomic E-state index is 11.7. The van der Waals surface area contributed by atoms with E-state index in [4.69, 9.17) is 16.3 Å². The molecule has 2 rings (SSSR count). The van der Waals surface area contributed by atoms with Gasteiger partial charge in [0.2, 0.25) is 0 Å². The highest BCUT2D eigenvalue weighted by Gasteiger charge is 2.02. The Labute approximate surface area is 117 Å². The van der Waals surface area contributed by atoms with Crippen molar-refractivity contribution in [2.75, 3.05) is 6.61 Å². The van der Waals surface area contributed by atoms with Gasteiger partial charge in [0.05, 0.1) is 13.2 Å². The van der Waals surface area contributed by atoms with Gasteiger partial charge in [-0.1, -0.05) is 41.9 Å². The summed E-state index contributed by atoms with van der Waals surface area (Å²) in [6.07, 6.45) is 0. The van der Waals surface area contributed by atoms with Crippen molar-refractivity contribution in [2.45, 2.75) is 20.1 Å². The standard InChI is InChI=1S/C15H16ClNO2/c1-12-9-14(16)10-15(18)17(12)7-8-19-11-13-5-3-2-4-6-13/h2-6,9-10H,7-8,11H2,1H3. The molecule has 100 valence electrons. The first-order chi connectivity index (χ1) is 9.16. The van der Waals surface area contributed by atoms with E-state index < -0.39 is 0 Å². The van der Waals surface area contributed by atoms with Gasteiger partial charge in [-0.2, -0.15) is 0 Å². The second-order valence-corrected chi connectivity index (χ2v) is 4.78. The van der Waals surface area contributed by atoms with Crippen LogP contribution in [0.4, 0.5) is 0 Å². The fourth-order valence-electron chi connectivity index (χ4n) is 1.90. The van der Waals surface area contributed by atoms with Crippen molar-refractivity contribution in [2.24, 2.45) is 0 Å². The van der Waals surface area contributed by atoms with Gasteiger partial charge in [0, 0.05) is 23.3 Å². The van der Waals surface area contributed by atoms with Crippen molar-refractivity contribution >= 4 is 11.6 Å². The zero-order valence-electron chi connectivity index (χ0n) is 10.8. The lowest BCUT2D eigenvalue weighted by Gasteiger charge is -2.10. The molecule has 0 aliphatic rings. The van der Waals surface area contributed by atoms with E-state index in [9.17, 15) is 4.79 Å². The molecule has 0 unspecified atom stereocenters. The van der Waals surface area contributed by atoms with Crippen LogP contribution in [0, 0.1) is 6.92 Å². The van der Waals surface area contributed by atoms with Crippen LogP contribution in [0.2, 0.25) is 5.02 Å². The molecule has 0 spiro atoms. The van der Waals surface area contributed by atoms with E-state index in [2.05, 4.69) is 0 Å². The molecular weight excluding hydrogens is 262 g/mol. The maximum absolute atomic E-state index is 11.7. The van der Waals surface area contributed by atoms with Crippen molar-refractivity contribution in [3.05, 3.63) is 69.1 Å². The molecular formula is C15H16ClNO2. The minimum absolute atomic E-state index is 0.0895. The Bertz CT molecular complexity index is 593. The minimum atomic E-state index is -0.0895. The number of benzene rings is 1. The van der Waals surface area contributed by atoms with Crippen molar-refractivity contribution < 1.29 is 4.74 Å².